The predicted octanol–water partition coefficient (Wildman–Crippen LogP) is 3.13. The second-order valence-electron chi connectivity index (χ2n) is 6.02. The van der Waals surface area contributed by atoms with Crippen LogP contribution in [0.5, 0.6) is 0 Å². The molecular formula is C19H17F3N4O. The predicted molar refractivity (Wildman–Crippen MR) is 95.5 cm³/mol. The number of amides is 1. The molecule has 1 amide bonds. The van der Waals surface area contributed by atoms with Gasteiger partial charge in [-0.05, 0) is 29.8 Å². The zero-order chi connectivity index (χ0) is 19.4. The number of piperidine rings is 1. The third-order valence-electron chi connectivity index (χ3n) is 4.10. The number of halogens is 3. The summed E-state index contributed by atoms with van der Waals surface area (Å²) in [7, 11) is 0. The van der Waals surface area contributed by atoms with E-state index in [0.29, 0.717) is 47.6 Å². The van der Waals surface area contributed by atoms with Crippen LogP contribution in [-0.2, 0) is 17.4 Å². The molecule has 3 N–H and O–H groups in total. The molecule has 140 valence electrons. The Hall–Kier alpha value is -3.16. The third kappa shape index (κ3) is 4.52. The van der Waals surface area contributed by atoms with Crippen molar-refractivity contribution in [2.45, 2.75) is 19.0 Å². The monoisotopic (exact) mass is 374 g/mol. The number of benzene rings is 1. The lowest BCUT2D eigenvalue weighted by Crippen LogP contribution is -2.36. The van der Waals surface area contributed by atoms with Crippen molar-refractivity contribution in [3.63, 3.8) is 0 Å². The van der Waals surface area contributed by atoms with Crippen molar-refractivity contribution in [2.75, 3.05) is 6.54 Å². The van der Waals surface area contributed by atoms with Gasteiger partial charge in [0.1, 0.15) is 0 Å². The molecule has 1 aromatic carbocycles. The molecule has 0 aliphatic carbocycles. The van der Waals surface area contributed by atoms with Crippen LogP contribution in [0, 0.1) is 0 Å². The normalized spacial score (nSPS) is 18.0. The van der Waals surface area contributed by atoms with Crippen molar-refractivity contribution >= 4 is 17.3 Å². The summed E-state index contributed by atoms with van der Waals surface area (Å²) < 4.78 is 37.9. The molecule has 1 saturated heterocycles. The van der Waals surface area contributed by atoms with E-state index in [9.17, 15) is 18.0 Å². The van der Waals surface area contributed by atoms with E-state index in [1.165, 1.54) is 18.3 Å². The van der Waals surface area contributed by atoms with E-state index in [1.807, 2.05) is 0 Å². The summed E-state index contributed by atoms with van der Waals surface area (Å²) in [5.41, 5.74) is 7.74. The highest BCUT2D eigenvalue weighted by molar-refractivity contribution is 6.23. The number of nitrogens with one attached hydrogen (secondary N) is 1. The Balaban J connectivity index is 1.80. The smallest absolute Gasteiger partial charge is 0.404 e. The van der Waals surface area contributed by atoms with Gasteiger partial charge in [0.15, 0.2) is 0 Å². The minimum atomic E-state index is -4.35. The summed E-state index contributed by atoms with van der Waals surface area (Å²) in [6.45, 7) is 0.485. The fourth-order valence-electron chi connectivity index (χ4n) is 2.75. The van der Waals surface area contributed by atoms with Gasteiger partial charge in [-0.1, -0.05) is 12.1 Å². The minimum Gasteiger partial charge on any atom is -0.404 e. The second kappa shape index (κ2) is 7.61. The molecule has 0 radical (unpaired) electrons. The molecule has 1 aliphatic heterocycles. The molecule has 2 aromatic rings. The zero-order valence-electron chi connectivity index (χ0n) is 14.3. The van der Waals surface area contributed by atoms with Crippen LogP contribution < -0.4 is 11.1 Å². The van der Waals surface area contributed by atoms with Crippen molar-refractivity contribution in [1.29, 1.82) is 0 Å². The highest BCUT2D eigenvalue weighted by Gasteiger charge is 2.29. The number of nitrogens with two attached hydrogens (primary N) is 1. The number of nitrogens with zero attached hydrogens (tertiary/aromatic N) is 2. The lowest BCUT2D eigenvalue weighted by atomic mass is 10.0. The first kappa shape index (κ1) is 18.6. The Bertz CT molecular complexity index is 902. The van der Waals surface area contributed by atoms with Crippen LogP contribution in [0.25, 0.3) is 0 Å². The van der Waals surface area contributed by atoms with Gasteiger partial charge in [-0.3, -0.25) is 14.8 Å². The summed E-state index contributed by atoms with van der Waals surface area (Å²) in [5, 5.41) is 2.70. The first-order valence-electron chi connectivity index (χ1n) is 8.26. The molecule has 0 unspecified atom stereocenters. The van der Waals surface area contributed by atoms with E-state index in [0.717, 1.165) is 12.1 Å². The third-order valence-corrected chi connectivity index (χ3v) is 4.10. The van der Waals surface area contributed by atoms with Crippen molar-refractivity contribution in [1.82, 2.24) is 10.3 Å². The minimum absolute atomic E-state index is 0.262. The van der Waals surface area contributed by atoms with Crippen LogP contribution in [0.2, 0.25) is 0 Å². The largest absolute Gasteiger partial charge is 0.416 e. The van der Waals surface area contributed by atoms with Crippen LogP contribution in [0.1, 0.15) is 23.2 Å². The van der Waals surface area contributed by atoms with Gasteiger partial charge < -0.3 is 11.1 Å². The molecule has 2 heterocycles. The van der Waals surface area contributed by atoms with Crippen molar-refractivity contribution < 1.29 is 18.0 Å². The van der Waals surface area contributed by atoms with Crippen LogP contribution >= 0.6 is 0 Å². The average Bonchev–Trinajstić information content (AvgIpc) is 2.62. The maximum atomic E-state index is 12.6. The zero-order valence-corrected chi connectivity index (χ0v) is 14.3. The van der Waals surface area contributed by atoms with E-state index in [2.05, 4.69) is 15.3 Å². The van der Waals surface area contributed by atoms with Crippen molar-refractivity contribution in [3.8, 4) is 0 Å². The Morgan fingerprint density at radius 1 is 1.22 bits per heavy atom. The number of rotatable bonds is 3. The molecule has 3 rings (SSSR count). The first-order valence-corrected chi connectivity index (χ1v) is 8.26. The van der Waals surface area contributed by atoms with Gasteiger partial charge in [-0.25, -0.2) is 0 Å². The molecule has 5 nitrogen and oxygen atoms in total. The SMILES string of the molecule is N/C=C1/C(=O)NCCC1=Nc1ccnc(Cc2ccc(C(F)(F)F)cc2)c1. The molecule has 0 spiro atoms. The van der Waals surface area contributed by atoms with Gasteiger partial charge in [0.05, 0.1) is 22.5 Å². The summed E-state index contributed by atoms with van der Waals surface area (Å²) >= 11 is 0. The average molecular weight is 374 g/mol. The number of carbonyl (C=O) groups excluding carboxylic acids is 1. The number of pyridine rings is 1. The second-order valence-corrected chi connectivity index (χ2v) is 6.02. The molecule has 1 aromatic heterocycles. The van der Waals surface area contributed by atoms with Gasteiger partial charge in [0.2, 0.25) is 0 Å². The van der Waals surface area contributed by atoms with E-state index in [1.54, 1.807) is 18.3 Å². The summed E-state index contributed by atoms with van der Waals surface area (Å²) in [6.07, 6.45) is -0.610. The number of carbonyl (C=O) groups is 1. The van der Waals surface area contributed by atoms with Crippen LogP contribution in [-0.4, -0.2) is 23.1 Å². The number of aliphatic imine (C=N–C) groups is 1. The molecule has 0 bridgehead atoms. The lowest BCUT2D eigenvalue weighted by molar-refractivity contribution is -0.137. The lowest BCUT2D eigenvalue weighted by Gasteiger charge is -2.17. The maximum absolute atomic E-state index is 12.6. The highest BCUT2D eigenvalue weighted by atomic mass is 19.4. The Labute approximate surface area is 153 Å². The quantitative estimate of drug-likeness (QED) is 0.810. The molecular weight excluding hydrogens is 357 g/mol. The number of alkyl halides is 3. The van der Waals surface area contributed by atoms with Gasteiger partial charge in [-0.2, -0.15) is 13.2 Å². The van der Waals surface area contributed by atoms with Crippen LogP contribution in [0.4, 0.5) is 18.9 Å². The Morgan fingerprint density at radius 2 is 1.96 bits per heavy atom. The van der Waals surface area contributed by atoms with E-state index in [-0.39, 0.29) is 5.91 Å². The fraction of sp³-hybridized carbons (Fsp3) is 0.211. The molecule has 0 saturated carbocycles. The molecule has 27 heavy (non-hydrogen) atoms. The molecule has 8 heteroatoms. The molecule has 0 atom stereocenters. The van der Waals surface area contributed by atoms with Crippen LogP contribution in [0.15, 0.2) is 59.4 Å². The number of aromatic nitrogens is 1. The van der Waals surface area contributed by atoms with Crippen molar-refractivity contribution in [2.24, 2.45) is 10.7 Å². The summed E-state index contributed by atoms with van der Waals surface area (Å²) in [4.78, 5) is 20.5. The Morgan fingerprint density at radius 3 is 2.63 bits per heavy atom. The van der Waals surface area contributed by atoms with Gasteiger partial charge >= 0.3 is 6.18 Å². The number of hydrogen-bond acceptors (Lipinski definition) is 4. The molecule has 1 aliphatic rings. The summed E-state index contributed by atoms with van der Waals surface area (Å²) in [5.74, 6) is -0.262. The maximum Gasteiger partial charge on any atom is 0.416 e. The van der Waals surface area contributed by atoms with Gasteiger partial charge in [0, 0.05) is 37.5 Å². The van der Waals surface area contributed by atoms with Crippen molar-refractivity contribution in [3.05, 3.63) is 71.2 Å². The fourth-order valence-corrected chi connectivity index (χ4v) is 2.75. The highest BCUT2D eigenvalue weighted by Crippen LogP contribution is 2.29. The molecule has 1 fully saturated rings. The first-order chi connectivity index (χ1) is 12.9. The van der Waals surface area contributed by atoms with E-state index < -0.39 is 11.7 Å². The standard InChI is InChI=1S/C19H17F3N4O/c20-19(21,22)13-3-1-12(2-4-13)9-15-10-14(5-7-24-15)26-17-6-8-25-18(27)16(17)11-23/h1-5,7,10-11H,6,8-9,23H2,(H,25,27)/b16-11+,26-17?. The summed E-state index contributed by atoms with van der Waals surface area (Å²) in [6, 6.07) is 8.42. The van der Waals surface area contributed by atoms with E-state index in [4.69, 9.17) is 5.73 Å². The van der Waals surface area contributed by atoms with Crippen LogP contribution in [0.3, 0.4) is 0 Å². The topological polar surface area (TPSA) is 80.4 Å². The Kier molecular flexibility index (Phi) is 5.25. The van der Waals surface area contributed by atoms with Gasteiger partial charge in [-0.15, -0.1) is 0 Å². The van der Waals surface area contributed by atoms with Gasteiger partial charge in [0.25, 0.3) is 5.91 Å². The van der Waals surface area contributed by atoms with E-state index >= 15 is 0 Å². The number of hydrogen-bond donors (Lipinski definition) is 2.